The first-order valence-electron chi connectivity index (χ1n) is 11.1. The molecule has 0 saturated heterocycles. The molecule has 0 aliphatic rings. The molecule has 0 fully saturated rings. The van der Waals surface area contributed by atoms with Crippen molar-refractivity contribution in [2.75, 3.05) is 0 Å². The van der Waals surface area contributed by atoms with Crippen molar-refractivity contribution in [1.29, 1.82) is 0 Å². The first kappa shape index (κ1) is 30.1. The van der Waals surface area contributed by atoms with E-state index in [1.165, 1.54) is 11.1 Å². The summed E-state index contributed by atoms with van der Waals surface area (Å²) in [6.07, 6.45) is 6.44. The molecule has 0 saturated carbocycles. The predicted octanol–water partition coefficient (Wildman–Crippen LogP) is 6.21. The van der Waals surface area contributed by atoms with E-state index in [0.717, 1.165) is 67.4 Å². The van der Waals surface area contributed by atoms with E-state index in [-0.39, 0.29) is 0 Å². The number of halogens is 4. The molecule has 2 aromatic carbocycles. The third-order valence-electron chi connectivity index (χ3n) is 4.91. The van der Waals surface area contributed by atoms with Crippen molar-refractivity contribution in [3.05, 3.63) is 97.1 Å². The van der Waals surface area contributed by atoms with Gasteiger partial charge in [0.15, 0.2) is 22.3 Å². The number of nitrogens with one attached hydrogen (secondary N) is 2. The maximum absolute atomic E-state index is 5.01. The molecule has 39 heavy (non-hydrogen) atoms. The van der Waals surface area contributed by atoms with E-state index in [1.54, 1.807) is 25.3 Å². The van der Waals surface area contributed by atoms with Gasteiger partial charge in [0.25, 0.3) is 10.1 Å². The molecule has 6 rings (SSSR count). The molecular weight excluding hydrogens is 801 g/mol. The van der Waals surface area contributed by atoms with Gasteiger partial charge in [-0.15, -0.1) is 0 Å². The van der Waals surface area contributed by atoms with Gasteiger partial charge in [-0.1, -0.05) is 60.7 Å². The van der Waals surface area contributed by atoms with Crippen LogP contribution >= 0.6 is 37.7 Å². The summed E-state index contributed by atoms with van der Waals surface area (Å²) in [5, 5.41) is 1.99. The molecule has 0 amide bonds. The van der Waals surface area contributed by atoms with E-state index in [9.17, 15) is 0 Å². The van der Waals surface area contributed by atoms with Crippen LogP contribution in [0.25, 0.3) is 22.3 Å². The fourth-order valence-electron chi connectivity index (χ4n) is 3.24. The van der Waals surface area contributed by atoms with Crippen molar-refractivity contribution < 1.29 is 11.9 Å². The van der Waals surface area contributed by atoms with Crippen LogP contribution in [0.3, 0.4) is 0 Å². The van der Waals surface area contributed by atoms with Crippen molar-refractivity contribution in [3.8, 4) is 0 Å². The number of H-pyrrole nitrogens is 2. The monoisotopic (exact) mass is 821 g/mol. The molecule has 8 nitrogen and oxygen atoms in total. The molecule has 0 spiro atoms. The number of rotatable bonds is 6. The molecule has 4 aromatic heterocycles. The second-order valence-corrected chi connectivity index (χ2v) is 29.3. The van der Waals surface area contributed by atoms with Gasteiger partial charge in [-0.05, 0) is 0 Å². The molecular formula is C24H22Cl4N8PtS2+2. The summed E-state index contributed by atoms with van der Waals surface area (Å²) in [6.45, 7) is 0. The topological polar surface area (TPSA) is 109 Å². The molecule has 0 atom stereocenters. The second-order valence-electron chi connectivity index (χ2n) is 7.47. The van der Waals surface area contributed by atoms with Crippen molar-refractivity contribution in [3.63, 3.8) is 0 Å². The maximum Gasteiger partial charge on any atom is 0.273 e. The zero-order chi connectivity index (χ0) is 27.5. The van der Waals surface area contributed by atoms with Gasteiger partial charge in [0, 0.05) is 34.7 Å². The van der Waals surface area contributed by atoms with Crippen LogP contribution < -0.4 is 0 Å². The molecule has 0 aliphatic carbocycles. The Kier molecular flexibility index (Phi) is 11.7. The van der Waals surface area contributed by atoms with Gasteiger partial charge in [-0.3, -0.25) is 0 Å². The number of thiol groups is 2. The summed E-state index contributed by atoms with van der Waals surface area (Å²) in [5.41, 5.74) is 5.95. The largest absolute Gasteiger partial charge is 0.338 e. The normalized spacial score (nSPS) is 11.4. The van der Waals surface area contributed by atoms with E-state index in [4.69, 9.17) is 37.7 Å². The molecule has 0 bridgehead atoms. The van der Waals surface area contributed by atoms with Gasteiger partial charge < -0.3 is 9.97 Å². The van der Waals surface area contributed by atoms with Gasteiger partial charge in [0.2, 0.25) is 0 Å². The number of hydrogen-bond donors (Lipinski definition) is 2. The maximum atomic E-state index is 5.01. The van der Waals surface area contributed by atoms with E-state index in [1.807, 2.05) is 12.1 Å². The van der Waals surface area contributed by atoms with Crippen LogP contribution in [0, 0.1) is 0 Å². The van der Waals surface area contributed by atoms with Crippen LogP contribution in [-0.2, 0) is 46.9 Å². The molecule has 15 heteroatoms. The zero-order valence-corrected chi connectivity index (χ0v) is 27.0. The Bertz CT molecular complexity index is 1460. The average molecular weight is 824 g/mol. The number of hydrogen-bond acceptors (Lipinski definition) is 6. The predicted molar refractivity (Wildman–Crippen MR) is 161 cm³/mol. The number of benzene rings is 2. The average Bonchev–Trinajstić information content (AvgIpc) is 3.62. The summed E-state index contributed by atoms with van der Waals surface area (Å²) in [4.78, 5) is 31.2. The summed E-state index contributed by atoms with van der Waals surface area (Å²) < 4.78 is 0. The molecule has 206 valence electrons. The van der Waals surface area contributed by atoms with Gasteiger partial charge >= 0.3 is 49.6 Å². The van der Waals surface area contributed by atoms with Crippen molar-refractivity contribution in [2.24, 2.45) is 0 Å². The van der Waals surface area contributed by atoms with E-state index >= 15 is 0 Å². The summed E-state index contributed by atoms with van der Waals surface area (Å²) in [5.74, 6) is 1.90. The Hall–Kier alpha value is -1.91. The second kappa shape index (κ2) is 15.2. The summed E-state index contributed by atoms with van der Waals surface area (Å²) in [7, 11) is 20.0. The third kappa shape index (κ3) is 10.2. The van der Waals surface area contributed by atoms with Crippen molar-refractivity contribution in [1.82, 2.24) is 39.9 Å². The number of imidazole rings is 2. The standard InChI is InChI=1S/2C12H10N4S.4ClH.Pt/c2*1-2-4-9(5-3-1)6-17-12-10-11(14-7-13-10)15-8-16-12;;;;;/h2*1-5,7-8H,6H2,(H,13,14,15,16);4*1H;/q;;;;;;+4/p-2. The van der Waals surface area contributed by atoms with Crippen LogP contribution in [0.2, 0.25) is 0 Å². The molecule has 4 heterocycles. The van der Waals surface area contributed by atoms with Crippen LogP contribution in [0.1, 0.15) is 11.1 Å². The van der Waals surface area contributed by atoms with Crippen LogP contribution in [0.15, 0.2) is 96.0 Å². The summed E-state index contributed by atoms with van der Waals surface area (Å²) >= 11 is -0.740. The smallest absolute Gasteiger partial charge is 0.273 e. The SMILES string of the molecule is [Cl][Pt]([Cl])([Cl])[Cl].c1ccc(C[SH+]c2ncnc3nc[nH]c23)cc1.c1ccc(C[SH+]c2ncnc3nc[nH]c23)cc1. The Balaban J connectivity index is 0.000000155. The van der Waals surface area contributed by atoms with Gasteiger partial charge in [-0.25, -0.2) is 19.9 Å². The fourth-order valence-corrected chi connectivity index (χ4v) is 5.24. The quantitative estimate of drug-likeness (QED) is 0.118. The number of aromatic amines is 2. The van der Waals surface area contributed by atoms with E-state index < -0.39 is 11.9 Å². The molecule has 2 N–H and O–H groups in total. The number of fused-ring (bicyclic) bond motifs is 2. The minimum absolute atomic E-state index is 0.732. The zero-order valence-electron chi connectivity index (χ0n) is 19.9. The Morgan fingerprint density at radius 3 is 1.33 bits per heavy atom. The Labute approximate surface area is 252 Å². The first-order valence-corrected chi connectivity index (χ1v) is 24.5. The van der Waals surface area contributed by atoms with Crippen LogP contribution in [-0.4, -0.2) is 39.9 Å². The molecule has 0 radical (unpaired) electrons. The van der Waals surface area contributed by atoms with E-state index in [0.29, 0.717) is 0 Å². The first-order chi connectivity index (χ1) is 18.9. The van der Waals surface area contributed by atoms with E-state index in [2.05, 4.69) is 88.4 Å². The van der Waals surface area contributed by atoms with Gasteiger partial charge in [-0.2, -0.15) is 9.97 Å². The number of aromatic nitrogens is 8. The minimum Gasteiger partial charge on any atom is -0.338 e. The van der Waals surface area contributed by atoms with Gasteiger partial charge in [0.1, 0.15) is 24.2 Å². The molecule has 6 aromatic rings. The minimum atomic E-state index is -3.06. The Morgan fingerprint density at radius 2 is 0.949 bits per heavy atom. The molecule has 0 aliphatic heterocycles. The van der Waals surface area contributed by atoms with Crippen molar-refractivity contribution in [2.45, 2.75) is 21.6 Å². The summed E-state index contributed by atoms with van der Waals surface area (Å²) in [6, 6.07) is 20.8. The van der Waals surface area contributed by atoms with Crippen LogP contribution in [0.4, 0.5) is 0 Å². The van der Waals surface area contributed by atoms with Crippen molar-refractivity contribution >= 4 is 83.5 Å². The van der Waals surface area contributed by atoms with Gasteiger partial charge in [0.05, 0.1) is 12.7 Å². The van der Waals surface area contributed by atoms with Crippen LogP contribution in [0.5, 0.6) is 0 Å². The Morgan fingerprint density at radius 1 is 0.564 bits per heavy atom. The fraction of sp³-hybridized carbons (Fsp3) is 0.0833. The number of nitrogens with zero attached hydrogens (tertiary/aromatic N) is 6. The third-order valence-corrected chi connectivity index (χ3v) is 7.24. The molecule has 0 unspecified atom stereocenters.